The van der Waals surface area contributed by atoms with Crippen LogP contribution in [0.25, 0.3) is 0 Å². The lowest BCUT2D eigenvalue weighted by Crippen LogP contribution is -2.47. The average Bonchev–Trinajstić information content (AvgIpc) is 3.69. The van der Waals surface area contributed by atoms with Gasteiger partial charge < -0.3 is 18.9 Å². The number of aryl methyl sites for hydroxylation is 1. The molecule has 0 spiro atoms. The van der Waals surface area contributed by atoms with Gasteiger partial charge in [0, 0.05) is 5.92 Å². The number of carbonyl (C=O) groups excluding carboxylic acids is 2. The Balaban J connectivity index is 1.26. The highest BCUT2D eigenvalue weighted by Gasteiger charge is 2.51. The Labute approximate surface area is 234 Å². The van der Waals surface area contributed by atoms with Gasteiger partial charge in [-0.05, 0) is 54.5 Å². The first-order valence-electron chi connectivity index (χ1n) is 13.8. The molecule has 206 valence electrons. The van der Waals surface area contributed by atoms with Crippen LogP contribution < -0.4 is 9.47 Å². The molecular formula is C33H33NO6. The minimum Gasteiger partial charge on any atom is -0.454 e. The van der Waals surface area contributed by atoms with Gasteiger partial charge in [0.15, 0.2) is 11.5 Å². The van der Waals surface area contributed by atoms with E-state index in [1.54, 1.807) is 0 Å². The molecule has 3 aliphatic rings. The molecule has 0 aliphatic carbocycles. The number of carbonyl (C=O) groups is 2. The SMILES string of the molecule is C=C[C@H]1[C@H](C(=O)N2C(=O)OC[C@@H]2Cc2ccccc2)[C@@H](CCc2ccccc2)O[C@@H]1Cc1ccc2c(c1)OCO2. The smallest absolute Gasteiger partial charge is 0.416 e. The van der Waals surface area contributed by atoms with Crippen LogP contribution in [0.2, 0.25) is 0 Å². The highest BCUT2D eigenvalue weighted by atomic mass is 16.7. The third kappa shape index (κ3) is 5.34. The summed E-state index contributed by atoms with van der Waals surface area (Å²) in [6.45, 7) is 4.49. The number of nitrogens with zero attached hydrogens (tertiary/aromatic N) is 1. The van der Waals surface area contributed by atoms with Crippen LogP contribution in [0.15, 0.2) is 91.5 Å². The van der Waals surface area contributed by atoms with E-state index in [1.807, 2.05) is 72.8 Å². The molecule has 40 heavy (non-hydrogen) atoms. The first-order valence-corrected chi connectivity index (χ1v) is 13.8. The maximum atomic E-state index is 14.3. The van der Waals surface area contributed by atoms with E-state index in [9.17, 15) is 9.59 Å². The van der Waals surface area contributed by atoms with E-state index in [-0.39, 0.29) is 43.5 Å². The minimum absolute atomic E-state index is 0.182. The lowest BCUT2D eigenvalue weighted by atomic mass is 9.82. The van der Waals surface area contributed by atoms with Crippen LogP contribution in [0.5, 0.6) is 11.5 Å². The third-order valence-electron chi connectivity index (χ3n) is 8.10. The van der Waals surface area contributed by atoms with E-state index in [4.69, 9.17) is 18.9 Å². The molecule has 0 radical (unpaired) electrons. The Hall–Kier alpha value is -4.10. The topological polar surface area (TPSA) is 74.3 Å². The van der Waals surface area contributed by atoms with Gasteiger partial charge in [-0.25, -0.2) is 9.69 Å². The third-order valence-corrected chi connectivity index (χ3v) is 8.10. The highest BCUT2D eigenvalue weighted by molar-refractivity contribution is 5.95. The number of hydrogen-bond acceptors (Lipinski definition) is 6. The number of cyclic esters (lactones) is 1. The van der Waals surface area contributed by atoms with Crippen LogP contribution in [0.4, 0.5) is 4.79 Å². The summed E-state index contributed by atoms with van der Waals surface area (Å²) < 4.78 is 23.1. The van der Waals surface area contributed by atoms with E-state index >= 15 is 0 Å². The van der Waals surface area contributed by atoms with Crippen molar-refractivity contribution in [3.63, 3.8) is 0 Å². The van der Waals surface area contributed by atoms with Gasteiger partial charge in [0.05, 0.1) is 24.2 Å². The molecule has 7 heteroatoms. The van der Waals surface area contributed by atoms with E-state index in [0.29, 0.717) is 25.0 Å². The summed E-state index contributed by atoms with van der Waals surface area (Å²) in [5, 5.41) is 0. The van der Waals surface area contributed by atoms with Crippen LogP contribution in [-0.4, -0.2) is 48.5 Å². The lowest BCUT2D eigenvalue weighted by Gasteiger charge is -2.27. The molecule has 2 fully saturated rings. The fourth-order valence-electron chi connectivity index (χ4n) is 6.11. The number of fused-ring (bicyclic) bond motifs is 1. The molecule has 2 amide bonds. The molecule has 5 atom stereocenters. The van der Waals surface area contributed by atoms with Crippen molar-refractivity contribution in [1.29, 1.82) is 0 Å². The summed E-state index contributed by atoms with van der Waals surface area (Å²) in [5.74, 6) is 0.359. The molecule has 3 aromatic carbocycles. The highest BCUT2D eigenvalue weighted by Crippen LogP contribution is 2.41. The van der Waals surface area contributed by atoms with Gasteiger partial charge in [-0.3, -0.25) is 4.79 Å². The molecule has 0 aromatic heterocycles. The molecule has 6 rings (SSSR count). The van der Waals surface area contributed by atoms with E-state index in [0.717, 1.165) is 23.3 Å². The number of rotatable bonds is 9. The normalized spacial score (nSPS) is 25.1. The van der Waals surface area contributed by atoms with Gasteiger partial charge in [-0.1, -0.05) is 72.8 Å². The van der Waals surface area contributed by atoms with Crippen molar-refractivity contribution in [2.24, 2.45) is 11.8 Å². The number of imide groups is 1. The predicted molar refractivity (Wildman–Crippen MR) is 149 cm³/mol. The zero-order valence-corrected chi connectivity index (χ0v) is 22.3. The second-order valence-corrected chi connectivity index (χ2v) is 10.6. The van der Waals surface area contributed by atoms with E-state index in [2.05, 4.69) is 18.7 Å². The van der Waals surface area contributed by atoms with Gasteiger partial charge in [0.25, 0.3) is 0 Å². The molecule has 3 heterocycles. The van der Waals surface area contributed by atoms with Gasteiger partial charge in [0.2, 0.25) is 12.7 Å². The maximum absolute atomic E-state index is 14.3. The zero-order chi connectivity index (χ0) is 27.5. The molecular weight excluding hydrogens is 506 g/mol. The van der Waals surface area contributed by atoms with Crippen molar-refractivity contribution in [2.75, 3.05) is 13.4 Å². The molecule has 3 aliphatic heterocycles. The molecule has 0 bridgehead atoms. The number of hydrogen-bond donors (Lipinski definition) is 0. The van der Waals surface area contributed by atoms with Crippen molar-refractivity contribution in [3.8, 4) is 11.5 Å². The second-order valence-electron chi connectivity index (χ2n) is 10.6. The fourth-order valence-corrected chi connectivity index (χ4v) is 6.11. The van der Waals surface area contributed by atoms with Crippen LogP contribution in [0, 0.1) is 11.8 Å². The van der Waals surface area contributed by atoms with Crippen LogP contribution in [-0.2, 0) is 33.5 Å². The Bertz CT molecular complexity index is 1360. The molecule has 0 N–H and O–H groups in total. The summed E-state index contributed by atoms with van der Waals surface area (Å²) in [7, 11) is 0. The van der Waals surface area contributed by atoms with E-state index < -0.39 is 12.0 Å². The summed E-state index contributed by atoms with van der Waals surface area (Å²) in [5.41, 5.74) is 3.25. The summed E-state index contributed by atoms with van der Waals surface area (Å²) >= 11 is 0. The van der Waals surface area contributed by atoms with Crippen molar-refractivity contribution < 1.29 is 28.5 Å². The molecule has 3 aromatic rings. The van der Waals surface area contributed by atoms with Gasteiger partial charge in [-0.15, -0.1) is 6.58 Å². The molecule has 0 saturated carbocycles. The second kappa shape index (κ2) is 11.6. The summed E-state index contributed by atoms with van der Waals surface area (Å²) in [6.07, 6.45) is 3.10. The quantitative estimate of drug-likeness (QED) is 0.341. The van der Waals surface area contributed by atoms with Crippen LogP contribution >= 0.6 is 0 Å². The van der Waals surface area contributed by atoms with E-state index in [1.165, 1.54) is 10.5 Å². The molecule has 2 saturated heterocycles. The standard InChI is InChI=1S/C33H33NO6/c1-2-26-29(18-24-14-15-27-30(19-24)39-21-38-27)40-28(16-13-22-9-5-3-6-10-22)31(26)32(35)34-25(20-37-33(34)36)17-23-11-7-4-8-12-23/h2-12,14-15,19,25-26,28-29,31H,1,13,16-18,20-21H2/t25-,26+,28+,29+,31-/m0/s1. The summed E-state index contributed by atoms with van der Waals surface area (Å²) in [4.78, 5) is 28.5. The first kappa shape index (κ1) is 26.1. The molecule has 7 nitrogen and oxygen atoms in total. The Morgan fingerprint density at radius 2 is 1.57 bits per heavy atom. The molecule has 0 unspecified atom stereocenters. The maximum Gasteiger partial charge on any atom is 0.416 e. The van der Waals surface area contributed by atoms with Crippen molar-refractivity contribution >= 4 is 12.0 Å². The predicted octanol–water partition coefficient (Wildman–Crippen LogP) is 5.37. The average molecular weight is 540 g/mol. The number of amides is 2. The van der Waals surface area contributed by atoms with Gasteiger partial charge in [-0.2, -0.15) is 0 Å². The van der Waals surface area contributed by atoms with Gasteiger partial charge >= 0.3 is 6.09 Å². The minimum atomic E-state index is -0.588. The Morgan fingerprint density at radius 1 is 0.850 bits per heavy atom. The Kier molecular flexibility index (Phi) is 7.55. The fraction of sp³-hybridized carbons (Fsp3) is 0.333. The Morgan fingerprint density at radius 3 is 2.33 bits per heavy atom. The largest absolute Gasteiger partial charge is 0.454 e. The van der Waals surface area contributed by atoms with Crippen molar-refractivity contribution in [1.82, 2.24) is 4.90 Å². The van der Waals surface area contributed by atoms with Crippen LogP contribution in [0.3, 0.4) is 0 Å². The lowest BCUT2D eigenvalue weighted by molar-refractivity contribution is -0.136. The van der Waals surface area contributed by atoms with Crippen molar-refractivity contribution in [3.05, 3.63) is 108 Å². The zero-order valence-electron chi connectivity index (χ0n) is 22.3. The first-order chi connectivity index (χ1) is 19.6. The number of benzene rings is 3. The van der Waals surface area contributed by atoms with Gasteiger partial charge in [0.1, 0.15) is 6.61 Å². The number of ether oxygens (including phenoxy) is 4. The monoisotopic (exact) mass is 539 g/mol. The van der Waals surface area contributed by atoms with Crippen LogP contribution in [0.1, 0.15) is 23.1 Å². The van der Waals surface area contributed by atoms with Crippen molar-refractivity contribution in [2.45, 2.75) is 43.9 Å². The summed E-state index contributed by atoms with van der Waals surface area (Å²) in [6, 6.07) is 25.5.